The molecule has 3 unspecified atom stereocenters. The molecule has 0 aromatic rings. The number of hydrogen-bond donors (Lipinski definition) is 1. The third kappa shape index (κ3) is 2.65. The second kappa shape index (κ2) is 6.03. The molecule has 4 fully saturated rings. The minimum atomic E-state index is -1.20. The number of allylic oxidation sites excluding steroid dienone is 2. The highest BCUT2D eigenvalue weighted by molar-refractivity contribution is 5.84. The Kier molecular flexibility index (Phi) is 4.05. The van der Waals surface area contributed by atoms with Crippen LogP contribution in [0.25, 0.3) is 0 Å². The maximum absolute atomic E-state index is 15.0. The lowest BCUT2D eigenvalue weighted by molar-refractivity contribution is -0.227. The van der Waals surface area contributed by atoms with Crippen LogP contribution in [0.2, 0.25) is 0 Å². The molecule has 29 heavy (non-hydrogen) atoms. The summed E-state index contributed by atoms with van der Waals surface area (Å²) in [5.41, 5.74) is 0.319. The lowest BCUT2D eigenvalue weighted by Crippen LogP contribution is -2.79. The number of alkyl halides is 1. The molecule has 2 heterocycles. The molecule has 158 valence electrons. The molecule has 6 rings (SSSR count). The topological polar surface area (TPSA) is 52.9 Å². The van der Waals surface area contributed by atoms with E-state index in [9.17, 15) is 9.18 Å². The highest BCUT2D eigenvalue weighted by Crippen LogP contribution is 2.75. The number of carbonyl (C=O) groups is 1. The fraction of sp³-hybridized carbons (Fsp3) is 0.750. The van der Waals surface area contributed by atoms with Gasteiger partial charge in [0.2, 0.25) is 0 Å². The molecular formula is C24H33FN2O2. The van der Waals surface area contributed by atoms with Crippen molar-refractivity contribution in [1.82, 2.24) is 4.90 Å². The van der Waals surface area contributed by atoms with Gasteiger partial charge >= 0.3 is 5.97 Å². The first kappa shape index (κ1) is 19.5. The maximum atomic E-state index is 15.0. The standard InChI is InChI=1S/C24H33FN2O2/c1-16-18-6-4-5-17-12-26-10-9-24(17,18)27(19(16)11-21(2,3)25)23-13-22(14-23,15-23)8-7-20(28)29/h5,7-8,12,16,18-19H,4,6,9-11,13-15H2,1-3H3,(H,28,29)/b8-7+/t16-,18?,19?,22?,23?,24?/m1/s1. The molecule has 1 N–H and O–H groups in total. The van der Waals surface area contributed by atoms with E-state index in [-0.39, 0.29) is 22.5 Å². The quantitative estimate of drug-likeness (QED) is 0.689. The Morgan fingerprint density at radius 1 is 1.41 bits per heavy atom. The Hall–Kier alpha value is -1.49. The second-order valence-electron chi connectivity index (χ2n) is 11.1. The summed E-state index contributed by atoms with van der Waals surface area (Å²) >= 11 is 0. The number of aliphatic imine (C=N–C) groups is 1. The molecule has 1 saturated heterocycles. The van der Waals surface area contributed by atoms with Crippen LogP contribution in [0, 0.1) is 17.3 Å². The molecule has 0 aromatic carbocycles. The van der Waals surface area contributed by atoms with Crippen LogP contribution in [0.4, 0.5) is 4.39 Å². The number of carboxylic acid groups (broad SMARTS) is 1. The van der Waals surface area contributed by atoms with Gasteiger partial charge in [0.1, 0.15) is 5.67 Å². The summed E-state index contributed by atoms with van der Waals surface area (Å²) in [6.45, 7) is 6.64. The van der Waals surface area contributed by atoms with Crippen molar-refractivity contribution in [3.63, 3.8) is 0 Å². The number of nitrogens with zero attached hydrogens (tertiary/aromatic N) is 2. The monoisotopic (exact) mass is 400 g/mol. The van der Waals surface area contributed by atoms with E-state index in [4.69, 9.17) is 5.11 Å². The van der Waals surface area contributed by atoms with Gasteiger partial charge in [0.15, 0.2) is 0 Å². The lowest BCUT2D eigenvalue weighted by Gasteiger charge is -2.76. The van der Waals surface area contributed by atoms with E-state index in [2.05, 4.69) is 29.1 Å². The summed E-state index contributed by atoms with van der Waals surface area (Å²) < 4.78 is 15.0. The van der Waals surface area contributed by atoms with Crippen molar-refractivity contribution < 1.29 is 14.3 Å². The Morgan fingerprint density at radius 2 is 2.14 bits per heavy atom. The van der Waals surface area contributed by atoms with Gasteiger partial charge in [-0.1, -0.05) is 19.1 Å². The fourth-order valence-corrected chi connectivity index (χ4v) is 7.92. The van der Waals surface area contributed by atoms with Crippen LogP contribution < -0.4 is 0 Å². The van der Waals surface area contributed by atoms with Gasteiger partial charge in [-0.3, -0.25) is 9.89 Å². The van der Waals surface area contributed by atoms with E-state index < -0.39 is 11.6 Å². The molecule has 4 nitrogen and oxygen atoms in total. The largest absolute Gasteiger partial charge is 0.478 e. The van der Waals surface area contributed by atoms with Crippen LogP contribution in [0.5, 0.6) is 0 Å². The highest BCUT2D eigenvalue weighted by Gasteiger charge is 2.75. The minimum Gasteiger partial charge on any atom is -0.478 e. The van der Waals surface area contributed by atoms with Gasteiger partial charge in [0, 0.05) is 30.4 Å². The molecular weight excluding hydrogens is 367 g/mol. The van der Waals surface area contributed by atoms with Gasteiger partial charge in [-0.05, 0) is 81.6 Å². The average Bonchev–Trinajstić information content (AvgIpc) is 2.79. The summed E-state index contributed by atoms with van der Waals surface area (Å²) in [7, 11) is 0. The zero-order valence-electron chi connectivity index (χ0n) is 17.8. The zero-order valence-corrected chi connectivity index (χ0v) is 17.8. The van der Waals surface area contributed by atoms with Crippen molar-refractivity contribution in [2.45, 2.75) is 88.5 Å². The van der Waals surface area contributed by atoms with Crippen molar-refractivity contribution in [3.8, 4) is 0 Å². The van der Waals surface area contributed by atoms with Crippen molar-refractivity contribution >= 4 is 12.2 Å². The molecule has 0 radical (unpaired) electrons. The summed E-state index contributed by atoms with van der Waals surface area (Å²) in [4.78, 5) is 18.4. The van der Waals surface area contributed by atoms with Crippen molar-refractivity contribution in [3.05, 3.63) is 23.8 Å². The van der Waals surface area contributed by atoms with Crippen LogP contribution in [-0.4, -0.2) is 51.5 Å². The van der Waals surface area contributed by atoms with Crippen molar-refractivity contribution in [2.24, 2.45) is 22.2 Å². The van der Waals surface area contributed by atoms with Crippen LogP contribution >= 0.6 is 0 Å². The molecule has 0 aromatic heterocycles. The molecule has 5 heteroatoms. The minimum absolute atomic E-state index is 0.00156. The molecule has 4 aliphatic carbocycles. The normalized spacial score (nSPS) is 45.9. The number of halogens is 1. The second-order valence-corrected chi connectivity index (χ2v) is 11.1. The fourth-order valence-electron chi connectivity index (χ4n) is 7.92. The molecule has 1 spiro atoms. The first-order valence-corrected chi connectivity index (χ1v) is 11.2. The number of likely N-dealkylation sites (tertiary alicyclic amines) is 1. The van der Waals surface area contributed by atoms with E-state index >= 15 is 0 Å². The van der Waals surface area contributed by atoms with Crippen molar-refractivity contribution in [1.29, 1.82) is 0 Å². The van der Waals surface area contributed by atoms with Crippen LogP contribution in [0.15, 0.2) is 28.8 Å². The lowest BCUT2D eigenvalue weighted by atomic mass is 9.38. The predicted molar refractivity (Wildman–Crippen MR) is 112 cm³/mol. The number of aliphatic carboxylic acids is 1. The Balaban J connectivity index is 1.53. The molecule has 0 amide bonds. The molecule has 3 saturated carbocycles. The van der Waals surface area contributed by atoms with E-state index in [0.29, 0.717) is 18.3 Å². The van der Waals surface area contributed by atoms with Crippen molar-refractivity contribution in [2.75, 3.05) is 6.54 Å². The van der Waals surface area contributed by atoms with Gasteiger partial charge in [0.05, 0.1) is 5.54 Å². The number of carboxylic acids is 1. The summed E-state index contributed by atoms with van der Waals surface area (Å²) in [6.07, 6.45) is 14.6. The van der Waals surface area contributed by atoms with E-state index in [1.807, 2.05) is 6.08 Å². The summed E-state index contributed by atoms with van der Waals surface area (Å²) in [5, 5.41) is 9.04. The molecule has 2 aliphatic heterocycles. The Bertz CT molecular complexity index is 803. The number of rotatable bonds is 5. The first-order valence-electron chi connectivity index (χ1n) is 11.2. The molecule has 2 bridgehead atoms. The SMILES string of the molecule is C[C@H]1C(CC(C)(C)F)N(C23CC(/C=C/C(=O)O)(C2)C3)C23CCN=CC2=CCCC13. The van der Waals surface area contributed by atoms with Gasteiger partial charge in [-0.15, -0.1) is 0 Å². The van der Waals surface area contributed by atoms with Gasteiger partial charge in [-0.2, -0.15) is 0 Å². The first-order chi connectivity index (χ1) is 13.6. The van der Waals surface area contributed by atoms with Gasteiger partial charge in [0.25, 0.3) is 0 Å². The Morgan fingerprint density at radius 3 is 2.79 bits per heavy atom. The van der Waals surface area contributed by atoms with Gasteiger partial charge < -0.3 is 5.11 Å². The highest BCUT2D eigenvalue weighted by atomic mass is 19.1. The Labute approximate surface area is 173 Å². The smallest absolute Gasteiger partial charge is 0.327 e. The summed E-state index contributed by atoms with van der Waals surface area (Å²) in [5.74, 6) is 0.149. The summed E-state index contributed by atoms with van der Waals surface area (Å²) in [6, 6.07) is 0.231. The van der Waals surface area contributed by atoms with Crippen LogP contribution in [0.1, 0.15) is 65.7 Å². The molecule has 4 atom stereocenters. The number of hydrogen-bond acceptors (Lipinski definition) is 3. The maximum Gasteiger partial charge on any atom is 0.327 e. The van der Waals surface area contributed by atoms with Crippen LogP contribution in [-0.2, 0) is 4.79 Å². The third-order valence-electron chi connectivity index (χ3n) is 8.64. The average molecular weight is 401 g/mol. The van der Waals surface area contributed by atoms with Crippen LogP contribution in [0.3, 0.4) is 0 Å². The van der Waals surface area contributed by atoms with E-state index in [0.717, 1.165) is 38.6 Å². The van der Waals surface area contributed by atoms with E-state index in [1.54, 1.807) is 13.8 Å². The van der Waals surface area contributed by atoms with Gasteiger partial charge in [-0.25, -0.2) is 9.18 Å². The predicted octanol–water partition coefficient (Wildman–Crippen LogP) is 4.56. The zero-order chi connectivity index (χ0) is 20.7. The molecule has 6 aliphatic rings. The third-order valence-corrected chi connectivity index (χ3v) is 8.64. The van der Waals surface area contributed by atoms with E-state index in [1.165, 1.54) is 18.1 Å².